The van der Waals surface area contributed by atoms with E-state index in [0.29, 0.717) is 45.6 Å². The van der Waals surface area contributed by atoms with Gasteiger partial charge >= 0.3 is 0 Å². The Morgan fingerprint density at radius 3 is 2.90 bits per heavy atom. The van der Waals surface area contributed by atoms with Crippen LogP contribution < -0.4 is 15.4 Å². The molecule has 0 aliphatic carbocycles. The summed E-state index contributed by atoms with van der Waals surface area (Å²) in [6.07, 6.45) is 4.99. The van der Waals surface area contributed by atoms with Gasteiger partial charge in [0.25, 0.3) is 0 Å². The number of rotatable bonds is 6. The molecule has 1 atom stereocenters. The summed E-state index contributed by atoms with van der Waals surface area (Å²) in [4.78, 5) is 8.04. The molecular formula is C20H19BrFN7O. The van der Waals surface area contributed by atoms with Gasteiger partial charge in [0.2, 0.25) is 0 Å². The van der Waals surface area contributed by atoms with E-state index in [1.807, 2.05) is 6.07 Å². The lowest BCUT2D eigenvalue weighted by Gasteiger charge is -2.23. The van der Waals surface area contributed by atoms with Crippen LogP contribution >= 0.6 is 15.9 Å². The van der Waals surface area contributed by atoms with Crippen molar-refractivity contribution < 1.29 is 9.13 Å². The standard InChI is InChI=1S/C20H19BrFN7O/c21-13-4-15(22)20(17(5-13)30-11-12-2-1-3-24-8-12)16-6-18(29-28-16)27-19-10-25-14(7-23)9-26-19/h4-6,9-10,12,24H,1-3,8,11H2,(H2,26,27,28,29)/t12-/m0/s1. The lowest BCUT2D eigenvalue weighted by atomic mass is 10.0. The largest absolute Gasteiger partial charge is 0.492 e. The van der Waals surface area contributed by atoms with Crippen molar-refractivity contribution >= 4 is 27.6 Å². The molecule has 0 saturated carbocycles. The van der Waals surface area contributed by atoms with Gasteiger partial charge in [0.1, 0.15) is 23.5 Å². The van der Waals surface area contributed by atoms with Gasteiger partial charge in [0, 0.05) is 23.0 Å². The number of benzene rings is 1. The van der Waals surface area contributed by atoms with E-state index < -0.39 is 5.82 Å². The van der Waals surface area contributed by atoms with Crippen LogP contribution in [0, 0.1) is 23.1 Å². The van der Waals surface area contributed by atoms with Gasteiger partial charge in [-0.25, -0.2) is 14.4 Å². The monoisotopic (exact) mass is 471 g/mol. The minimum atomic E-state index is -0.422. The summed E-state index contributed by atoms with van der Waals surface area (Å²) in [7, 11) is 0. The molecular weight excluding hydrogens is 453 g/mol. The molecule has 1 aromatic carbocycles. The van der Waals surface area contributed by atoms with E-state index in [2.05, 4.69) is 46.7 Å². The predicted octanol–water partition coefficient (Wildman–Crippen LogP) is 3.76. The van der Waals surface area contributed by atoms with Crippen LogP contribution in [0.4, 0.5) is 16.0 Å². The number of aromatic nitrogens is 4. The van der Waals surface area contributed by atoms with Gasteiger partial charge in [-0.05, 0) is 31.5 Å². The molecule has 10 heteroatoms. The highest BCUT2D eigenvalue weighted by Crippen LogP contribution is 2.36. The molecule has 3 N–H and O–H groups in total. The van der Waals surface area contributed by atoms with E-state index in [9.17, 15) is 4.39 Å². The molecule has 3 aromatic rings. The van der Waals surface area contributed by atoms with Gasteiger partial charge in [-0.3, -0.25) is 5.10 Å². The molecule has 4 rings (SSSR count). The number of nitrogens with zero attached hydrogens (tertiary/aromatic N) is 4. The van der Waals surface area contributed by atoms with Crippen LogP contribution in [0.3, 0.4) is 0 Å². The van der Waals surface area contributed by atoms with Crippen molar-refractivity contribution in [2.24, 2.45) is 5.92 Å². The molecule has 30 heavy (non-hydrogen) atoms. The Morgan fingerprint density at radius 2 is 2.17 bits per heavy atom. The van der Waals surface area contributed by atoms with E-state index >= 15 is 0 Å². The first-order valence-corrected chi connectivity index (χ1v) is 10.3. The van der Waals surface area contributed by atoms with Crippen molar-refractivity contribution in [1.29, 1.82) is 5.26 Å². The van der Waals surface area contributed by atoms with Gasteiger partial charge in [0.15, 0.2) is 11.5 Å². The number of aromatic amines is 1. The predicted molar refractivity (Wildman–Crippen MR) is 113 cm³/mol. The van der Waals surface area contributed by atoms with Gasteiger partial charge in [-0.1, -0.05) is 15.9 Å². The fourth-order valence-corrected chi connectivity index (χ4v) is 3.70. The van der Waals surface area contributed by atoms with Crippen molar-refractivity contribution in [3.63, 3.8) is 0 Å². The molecule has 0 spiro atoms. The minimum absolute atomic E-state index is 0.218. The molecule has 0 bridgehead atoms. The maximum Gasteiger partial charge on any atom is 0.158 e. The molecule has 1 aliphatic heterocycles. The van der Waals surface area contributed by atoms with Crippen LogP contribution in [0.2, 0.25) is 0 Å². The smallest absolute Gasteiger partial charge is 0.158 e. The summed E-state index contributed by atoms with van der Waals surface area (Å²) >= 11 is 3.34. The average molecular weight is 472 g/mol. The number of anilines is 2. The number of hydrogen-bond acceptors (Lipinski definition) is 7. The second-order valence-corrected chi connectivity index (χ2v) is 7.89. The molecule has 0 unspecified atom stereocenters. The lowest BCUT2D eigenvalue weighted by Crippen LogP contribution is -2.33. The zero-order chi connectivity index (χ0) is 20.9. The second kappa shape index (κ2) is 9.19. The summed E-state index contributed by atoms with van der Waals surface area (Å²) in [5.74, 6) is 1.27. The van der Waals surface area contributed by atoms with Gasteiger partial charge < -0.3 is 15.4 Å². The number of nitriles is 1. The zero-order valence-electron chi connectivity index (χ0n) is 16.0. The highest BCUT2D eigenvalue weighted by molar-refractivity contribution is 9.10. The minimum Gasteiger partial charge on any atom is -0.492 e. The Balaban J connectivity index is 1.54. The van der Waals surface area contributed by atoms with E-state index in [0.717, 1.165) is 25.9 Å². The third-order valence-electron chi connectivity index (χ3n) is 4.76. The zero-order valence-corrected chi connectivity index (χ0v) is 17.5. The maximum atomic E-state index is 14.8. The van der Waals surface area contributed by atoms with Crippen molar-refractivity contribution in [3.8, 4) is 23.1 Å². The number of nitrogens with one attached hydrogen (secondary N) is 3. The van der Waals surface area contributed by atoms with Crippen LogP contribution in [-0.2, 0) is 0 Å². The van der Waals surface area contributed by atoms with E-state index in [4.69, 9.17) is 10.00 Å². The van der Waals surface area contributed by atoms with Gasteiger partial charge in [-0.2, -0.15) is 10.4 Å². The molecule has 1 saturated heterocycles. The summed E-state index contributed by atoms with van der Waals surface area (Å²) in [5, 5.41) is 22.1. The summed E-state index contributed by atoms with van der Waals surface area (Å²) in [5.41, 5.74) is 1.00. The van der Waals surface area contributed by atoms with E-state index in [1.54, 1.807) is 12.1 Å². The van der Waals surface area contributed by atoms with Gasteiger partial charge in [0.05, 0.1) is 30.3 Å². The first kappa shape index (κ1) is 20.3. The Hall–Kier alpha value is -3.03. The Bertz CT molecular complexity index is 1060. The first-order chi connectivity index (χ1) is 14.6. The van der Waals surface area contributed by atoms with Crippen LogP contribution in [0.15, 0.2) is 35.1 Å². The number of halogens is 2. The van der Waals surface area contributed by atoms with Crippen molar-refractivity contribution in [3.05, 3.63) is 46.6 Å². The summed E-state index contributed by atoms with van der Waals surface area (Å²) in [6, 6.07) is 6.73. The molecule has 154 valence electrons. The molecule has 0 radical (unpaired) electrons. The van der Waals surface area contributed by atoms with Crippen LogP contribution in [0.25, 0.3) is 11.3 Å². The fraction of sp³-hybridized carbons (Fsp3) is 0.300. The number of piperidine rings is 1. The molecule has 1 aliphatic rings. The van der Waals surface area contributed by atoms with Crippen molar-refractivity contribution in [2.45, 2.75) is 12.8 Å². The van der Waals surface area contributed by atoms with Gasteiger partial charge in [-0.15, -0.1) is 0 Å². The van der Waals surface area contributed by atoms with Crippen molar-refractivity contribution in [2.75, 3.05) is 25.0 Å². The molecule has 3 heterocycles. The van der Waals surface area contributed by atoms with Crippen LogP contribution in [0.5, 0.6) is 5.75 Å². The second-order valence-electron chi connectivity index (χ2n) is 6.97. The van der Waals surface area contributed by atoms with Crippen LogP contribution in [-0.4, -0.2) is 39.9 Å². The summed E-state index contributed by atoms with van der Waals surface area (Å²) in [6.45, 7) is 2.44. The fourth-order valence-electron chi connectivity index (χ4n) is 3.29. The highest BCUT2D eigenvalue weighted by atomic mass is 79.9. The third kappa shape index (κ3) is 4.75. The number of hydrogen-bond donors (Lipinski definition) is 3. The Labute approximate surface area is 181 Å². The molecule has 1 fully saturated rings. The Kier molecular flexibility index (Phi) is 6.21. The third-order valence-corrected chi connectivity index (χ3v) is 5.22. The Morgan fingerprint density at radius 1 is 1.27 bits per heavy atom. The van der Waals surface area contributed by atoms with Crippen LogP contribution in [0.1, 0.15) is 18.5 Å². The van der Waals surface area contributed by atoms with Crippen molar-refractivity contribution in [1.82, 2.24) is 25.5 Å². The molecule has 2 aromatic heterocycles. The summed E-state index contributed by atoms with van der Waals surface area (Å²) < 4.78 is 21.5. The maximum absolute atomic E-state index is 14.8. The van der Waals surface area contributed by atoms with E-state index in [-0.39, 0.29) is 5.69 Å². The first-order valence-electron chi connectivity index (χ1n) is 9.50. The normalized spacial score (nSPS) is 16.1. The highest BCUT2D eigenvalue weighted by Gasteiger charge is 2.19. The number of H-pyrrole nitrogens is 1. The lowest BCUT2D eigenvalue weighted by molar-refractivity contribution is 0.218. The SMILES string of the molecule is N#Cc1cnc(Nc2cc(-c3c(F)cc(Br)cc3OC[C@H]3CCCNC3)[nH]n2)cn1. The molecule has 0 amide bonds. The average Bonchev–Trinajstić information content (AvgIpc) is 3.21. The quantitative estimate of drug-likeness (QED) is 0.501. The van der Waals surface area contributed by atoms with E-state index in [1.165, 1.54) is 18.5 Å². The topological polar surface area (TPSA) is 112 Å². The molecule has 8 nitrogen and oxygen atoms in total. The number of ether oxygens (including phenoxy) is 1.